The maximum absolute atomic E-state index is 8.93. The number of oxime groups is 1. The van der Waals surface area contributed by atoms with Crippen LogP contribution in [0.3, 0.4) is 0 Å². The number of ether oxygens (including phenoxy) is 2. The molecule has 0 atom stereocenters. The Labute approximate surface area is 160 Å². The Bertz CT molecular complexity index is 1140. The van der Waals surface area contributed by atoms with E-state index in [9.17, 15) is 0 Å². The molecular weight excluding hydrogens is 366 g/mol. The number of benzene rings is 2. The molecule has 4 aromatic rings. The van der Waals surface area contributed by atoms with E-state index in [0.29, 0.717) is 28.8 Å². The van der Waals surface area contributed by atoms with Crippen molar-refractivity contribution in [2.75, 3.05) is 7.11 Å². The smallest absolute Gasteiger partial charge is 0.128 e. The number of halogens is 1. The van der Waals surface area contributed by atoms with Gasteiger partial charge >= 0.3 is 0 Å². The summed E-state index contributed by atoms with van der Waals surface area (Å²) >= 11 is 5.93. The lowest BCUT2D eigenvalue weighted by Crippen LogP contribution is -1.99. The molecule has 0 bridgehead atoms. The summed E-state index contributed by atoms with van der Waals surface area (Å²) in [6.45, 7) is 0.334. The van der Waals surface area contributed by atoms with E-state index in [4.69, 9.17) is 26.3 Å². The van der Waals surface area contributed by atoms with E-state index in [0.717, 1.165) is 27.4 Å². The Balaban J connectivity index is 1.86. The van der Waals surface area contributed by atoms with Crippen molar-refractivity contribution >= 4 is 39.6 Å². The van der Waals surface area contributed by atoms with Gasteiger partial charge in [0, 0.05) is 34.0 Å². The highest BCUT2D eigenvalue weighted by Gasteiger charge is 2.14. The van der Waals surface area contributed by atoms with Gasteiger partial charge in [0.1, 0.15) is 11.5 Å². The molecule has 2 aromatic heterocycles. The van der Waals surface area contributed by atoms with Gasteiger partial charge in [-0.15, -0.1) is 0 Å². The van der Waals surface area contributed by atoms with E-state index < -0.39 is 0 Å². The summed E-state index contributed by atoms with van der Waals surface area (Å²) in [4.78, 5) is 7.69. The number of aromatic nitrogens is 2. The zero-order valence-electron chi connectivity index (χ0n) is 14.4. The third kappa shape index (κ3) is 3.32. The number of H-pyrrole nitrogens is 1. The number of nitrogens with one attached hydrogen (secondary N) is 1. The Kier molecular flexibility index (Phi) is 4.66. The zero-order valence-corrected chi connectivity index (χ0v) is 15.2. The molecule has 2 N–H and O–H groups in total. The maximum atomic E-state index is 8.93. The van der Waals surface area contributed by atoms with Crippen molar-refractivity contribution in [2.45, 2.75) is 6.61 Å². The molecular formula is C20H16ClN3O3. The molecule has 0 amide bonds. The monoisotopic (exact) mass is 381 g/mol. The molecule has 0 saturated carbocycles. The highest BCUT2D eigenvalue weighted by Crippen LogP contribution is 2.33. The molecule has 4 rings (SSSR count). The Morgan fingerprint density at radius 2 is 1.93 bits per heavy atom. The third-order valence-corrected chi connectivity index (χ3v) is 4.51. The number of fused-ring (bicyclic) bond motifs is 3. The molecule has 0 fully saturated rings. The average molecular weight is 382 g/mol. The molecule has 2 aromatic carbocycles. The molecule has 7 heteroatoms. The van der Waals surface area contributed by atoms with Crippen LogP contribution < -0.4 is 4.74 Å². The number of methoxy groups -OCH3 is 1. The normalized spacial score (nSPS) is 11.6. The molecule has 27 heavy (non-hydrogen) atoms. The SMILES string of the molecule is COCc1c(/C=N/O)ncc2[nH]c3ccc(Oc4ccc(Cl)cc4)cc3c12. The van der Waals surface area contributed by atoms with Crippen molar-refractivity contribution in [3.63, 3.8) is 0 Å². The van der Waals surface area contributed by atoms with Crippen LogP contribution in [0.4, 0.5) is 0 Å². The van der Waals surface area contributed by atoms with E-state index in [1.807, 2.05) is 30.3 Å². The van der Waals surface area contributed by atoms with Gasteiger partial charge in [-0.05, 0) is 42.5 Å². The first-order valence-electron chi connectivity index (χ1n) is 8.22. The van der Waals surface area contributed by atoms with E-state index in [2.05, 4.69) is 15.1 Å². The number of rotatable bonds is 5. The van der Waals surface area contributed by atoms with E-state index in [-0.39, 0.29) is 0 Å². The third-order valence-electron chi connectivity index (χ3n) is 4.26. The first-order valence-corrected chi connectivity index (χ1v) is 8.60. The van der Waals surface area contributed by atoms with Gasteiger partial charge in [-0.25, -0.2) is 0 Å². The van der Waals surface area contributed by atoms with Gasteiger partial charge in [0.15, 0.2) is 0 Å². The van der Waals surface area contributed by atoms with Crippen LogP contribution in [0.5, 0.6) is 11.5 Å². The summed E-state index contributed by atoms with van der Waals surface area (Å²) in [5.41, 5.74) is 3.21. The van der Waals surface area contributed by atoms with Crippen LogP contribution in [0, 0.1) is 0 Å². The zero-order chi connectivity index (χ0) is 18.8. The Morgan fingerprint density at radius 1 is 1.15 bits per heavy atom. The van der Waals surface area contributed by atoms with Crippen LogP contribution in [-0.2, 0) is 11.3 Å². The highest BCUT2D eigenvalue weighted by molar-refractivity contribution is 6.30. The summed E-state index contributed by atoms with van der Waals surface area (Å²) in [5, 5.41) is 14.6. The van der Waals surface area contributed by atoms with Crippen LogP contribution in [0.15, 0.2) is 53.8 Å². The summed E-state index contributed by atoms with van der Waals surface area (Å²) in [5.74, 6) is 1.40. The largest absolute Gasteiger partial charge is 0.457 e. The van der Waals surface area contributed by atoms with E-state index >= 15 is 0 Å². The minimum absolute atomic E-state index is 0.334. The Morgan fingerprint density at radius 3 is 2.67 bits per heavy atom. The first-order chi connectivity index (χ1) is 13.2. The lowest BCUT2D eigenvalue weighted by Gasteiger charge is -2.08. The fraction of sp³-hybridized carbons (Fsp3) is 0.100. The van der Waals surface area contributed by atoms with Gasteiger partial charge < -0.3 is 19.7 Å². The van der Waals surface area contributed by atoms with E-state index in [1.165, 1.54) is 6.21 Å². The van der Waals surface area contributed by atoms with Crippen LogP contribution in [0.2, 0.25) is 5.02 Å². The fourth-order valence-corrected chi connectivity index (χ4v) is 3.24. The molecule has 6 nitrogen and oxygen atoms in total. The quantitative estimate of drug-likeness (QED) is 0.286. The van der Waals surface area contributed by atoms with Crippen molar-refractivity contribution in [2.24, 2.45) is 5.16 Å². The second-order valence-electron chi connectivity index (χ2n) is 5.98. The van der Waals surface area contributed by atoms with E-state index in [1.54, 1.807) is 25.4 Å². The maximum Gasteiger partial charge on any atom is 0.128 e. The van der Waals surface area contributed by atoms with Crippen LogP contribution >= 0.6 is 11.6 Å². The molecule has 0 spiro atoms. The highest BCUT2D eigenvalue weighted by atomic mass is 35.5. The summed E-state index contributed by atoms with van der Waals surface area (Å²) in [6.07, 6.45) is 3.02. The summed E-state index contributed by atoms with van der Waals surface area (Å²) in [6, 6.07) is 13.0. The number of nitrogens with zero attached hydrogens (tertiary/aromatic N) is 2. The van der Waals surface area contributed by atoms with Gasteiger partial charge in [-0.2, -0.15) is 0 Å². The van der Waals surface area contributed by atoms with Gasteiger partial charge in [-0.3, -0.25) is 4.98 Å². The number of aromatic amines is 1. The second kappa shape index (κ2) is 7.26. The van der Waals surface area contributed by atoms with Crippen LogP contribution in [0.1, 0.15) is 11.3 Å². The first kappa shape index (κ1) is 17.3. The molecule has 0 aliphatic rings. The molecule has 0 aliphatic carbocycles. The number of pyridine rings is 1. The fourth-order valence-electron chi connectivity index (χ4n) is 3.11. The van der Waals surface area contributed by atoms with Crippen molar-refractivity contribution in [3.8, 4) is 11.5 Å². The van der Waals surface area contributed by atoms with Crippen molar-refractivity contribution in [3.05, 3.63) is 64.9 Å². The summed E-state index contributed by atoms with van der Waals surface area (Å²) < 4.78 is 11.3. The van der Waals surface area contributed by atoms with Gasteiger partial charge in [0.2, 0.25) is 0 Å². The predicted octanol–water partition coefficient (Wildman–Crippen LogP) is 5.12. The minimum atomic E-state index is 0.334. The lowest BCUT2D eigenvalue weighted by molar-refractivity contribution is 0.185. The lowest BCUT2D eigenvalue weighted by atomic mass is 10.1. The van der Waals surface area contributed by atoms with Gasteiger partial charge in [0.25, 0.3) is 0 Å². The Hall–Kier alpha value is -3.09. The second-order valence-corrected chi connectivity index (χ2v) is 6.41. The topological polar surface area (TPSA) is 79.7 Å². The molecule has 136 valence electrons. The van der Waals surface area contributed by atoms with Crippen LogP contribution in [-0.4, -0.2) is 28.5 Å². The van der Waals surface area contributed by atoms with Gasteiger partial charge in [-0.1, -0.05) is 16.8 Å². The van der Waals surface area contributed by atoms with Crippen LogP contribution in [0.25, 0.3) is 21.8 Å². The predicted molar refractivity (Wildman–Crippen MR) is 105 cm³/mol. The number of hydrogen-bond donors (Lipinski definition) is 2. The van der Waals surface area contributed by atoms with Gasteiger partial charge in [0.05, 0.1) is 30.2 Å². The molecule has 0 radical (unpaired) electrons. The minimum Gasteiger partial charge on any atom is -0.457 e. The summed E-state index contributed by atoms with van der Waals surface area (Å²) in [7, 11) is 1.61. The molecule has 0 unspecified atom stereocenters. The molecule has 0 aliphatic heterocycles. The standard InChI is InChI=1S/C20H16ClN3O3/c1-26-11-16-18(10-23-25)22-9-19-20(16)15-8-14(6-7-17(15)24-19)27-13-4-2-12(21)3-5-13/h2-10,24-25H,11H2,1H3/b23-10+. The van der Waals surface area contributed by atoms with Crippen molar-refractivity contribution < 1.29 is 14.7 Å². The number of hydrogen-bond acceptors (Lipinski definition) is 5. The van der Waals surface area contributed by atoms with Crippen molar-refractivity contribution in [1.29, 1.82) is 0 Å². The molecule has 2 heterocycles. The molecule has 0 saturated heterocycles. The van der Waals surface area contributed by atoms with Crippen molar-refractivity contribution in [1.82, 2.24) is 9.97 Å². The average Bonchev–Trinajstić information content (AvgIpc) is 3.04.